The van der Waals surface area contributed by atoms with Crippen molar-refractivity contribution in [2.24, 2.45) is 17.8 Å². The van der Waals surface area contributed by atoms with Crippen molar-refractivity contribution >= 4 is 23.2 Å². The van der Waals surface area contributed by atoms with Crippen LogP contribution in [0.25, 0.3) is 0 Å². The fourth-order valence-electron chi connectivity index (χ4n) is 9.65. The van der Waals surface area contributed by atoms with Gasteiger partial charge in [0.05, 0.1) is 11.4 Å². The fraction of sp³-hybridized carbons (Fsp3) is 0.444. The topological polar surface area (TPSA) is 40.6 Å². The van der Waals surface area contributed by atoms with Crippen LogP contribution in [0.5, 0.6) is 0 Å². The Bertz CT molecular complexity index is 1440. The predicted octanol–water partition coefficient (Wildman–Crippen LogP) is 7.34. The number of carbonyl (C=O) groups is 2. The summed E-state index contributed by atoms with van der Waals surface area (Å²) >= 11 is 0. The third-order valence-electron chi connectivity index (χ3n) is 10.8. The lowest BCUT2D eigenvalue weighted by Crippen LogP contribution is -2.50. The second kappa shape index (κ2) is 9.33. The Hall–Kier alpha value is -3.40. The Kier molecular flexibility index (Phi) is 5.69. The number of benzene rings is 3. The first-order valence-electron chi connectivity index (χ1n) is 15.5. The molecular weight excluding hydrogens is 492 g/mol. The van der Waals surface area contributed by atoms with E-state index in [1.54, 1.807) is 5.56 Å². The first-order valence-corrected chi connectivity index (χ1v) is 15.5. The highest BCUT2D eigenvalue weighted by atomic mass is 16.2. The zero-order chi connectivity index (χ0) is 26.8. The average Bonchev–Trinajstić information content (AvgIpc) is 2.99. The van der Waals surface area contributed by atoms with Gasteiger partial charge in [0.25, 0.3) is 11.8 Å². The van der Waals surface area contributed by atoms with Crippen LogP contribution < -0.4 is 9.80 Å². The second-order valence-corrected chi connectivity index (χ2v) is 13.3. The third kappa shape index (κ3) is 3.78. The molecule has 4 bridgehead atoms. The van der Waals surface area contributed by atoms with Gasteiger partial charge in [0.15, 0.2) is 0 Å². The van der Waals surface area contributed by atoms with E-state index in [4.69, 9.17) is 0 Å². The zero-order valence-corrected chi connectivity index (χ0v) is 23.3. The van der Waals surface area contributed by atoms with Crippen molar-refractivity contribution in [2.45, 2.75) is 69.6 Å². The van der Waals surface area contributed by atoms with E-state index in [1.807, 2.05) is 70.5 Å². The van der Waals surface area contributed by atoms with Gasteiger partial charge in [-0.15, -0.1) is 0 Å². The van der Waals surface area contributed by atoms with Crippen molar-refractivity contribution in [3.63, 3.8) is 0 Å². The monoisotopic (exact) mass is 530 g/mol. The van der Waals surface area contributed by atoms with Crippen LogP contribution in [0.4, 0.5) is 11.4 Å². The summed E-state index contributed by atoms with van der Waals surface area (Å²) in [4.78, 5) is 32.3. The number of rotatable bonds is 3. The van der Waals surface area contributed by atoms with Crippen LogP contribution in [0.3, 0.4) is 0 Å². The van der Waals surface area contributed by atoms with Crippen LogP contribution in [-0.2, 0) is 18.3 Å². The minimum Gasteiger partial charge on any atom is -0.306 e. The maximum atomic E-state index is 14.2. The minimum absolute atomic E-state index is 0.0454. The Morgan fingerprint density at radius 3 is 1.70 bits per heavy atom. The Balaban J connectivity index is 1.33. The molecule has 4 aliphatic carbocycles. The van der Waals surface area contributed by atoms with Crippen LogP contribution >= 0.6 is 0 Å². The molecule has 0 unspecified atom stereocenters. The lowest BCUT2D eigenvalue weighted by Gasteiger charge is -2.58. The van der Waals surface area contributed by atoms with Crippen LogP contribution in [0.2, 0.25) is 0 Å². The summed E-state index contributed by atoms with van der Waals surface area (Å²) in [5.74, 6) is 2.69. The van der Waals surface area contributed by atoms with Crippen LogP contribution in [0, 0.1) is 17.8 Å². The van der Waals surface area contributed by atoms with Gasteiger partial charge in [-0.2, -0.15) is 0 Å². The summed E-state index contributed by atoms with van der Waals surface area (Å²) in [5, 5.41) is 0. The highest BCUT2D eigenvalue weighted by Gasteiger charge is 2.53. The molecular formula is C36H38N2O2. The molecule has 4 fully saturated rings. The number of hydrogen-bond donors (Lipinski definition) is 0. The molecule has 0 radical (unpaired) electrons. The van der Waals surface area contributed by atoms with Gasteiger partial charge in [-0.3, -0.25) is 9.59 Å². The number of hydrogen-bond acceptors (Lipinski definition) is 2. The van der Waals surface area contributed by atoms with Crippen LogP contribution in [0.15, 0.2) is 66.7 Å². The Morgan fingerprint density at radius 2 is 1.15 bits per heavy atom. The third-order valence-corrected chi connectivity index (χ3v) is 10.8. The summed E-state index contributed by atoms with van der Waals surface area (Å²) in [6.07, 6.45) is 12.1. The molecule has 6 aliphatic rings. The zero-order valence-electron chi connectivity index (χ0n) is 23.3. The molecule has 4 heteroatoms. The molecule has 3 aromatic carbocycles. The molecule has 2 heterocycles. The maximum absolute atomic E-state index is 14.2. The van der Waals surface area contributed by atoms with Crippen molar-refractivity contribution in [3.8, 4) is 0 Å². The minimum atomic E-state index is 0.0454. The van der Waals surface area contributed by atoms with Gasteiger partial charge >= 0.3 is 0 Å². The van der Waals surface area contributed by atoms with Crippen LogP contribution in [-0.4, -0.2) is 24.9 Å². The van der Waals surface area contributed by atoms with Crippen molar-refractivity contribution in [3.05, 3.63) is 94.5 Å². The smallest absolute Gasteiger partial charge is 0.258 e. The molecule has 0 aromatic heterocycles. The molecule has 204 valence electrons. The molecule has 4 nitrogen and oxygen atoms in total. The maximum Gasteiger partial charge on any atom is 0.258 e. The quantitative estimate of drug-likeness (QED) is 0.355. The highest BCUT2D eigenvalue weighted by molar-refractivity contribution is 6.13. The number of aryl methyl sites for hydroxylation is 1. The van der Waals surface area contributed by atoms with E-state index in [2.05, 4.69) is 6.07 Å². The van der Waals surface area contributed by atoms with E-state index < -0.39 is 0 Å². The number of carbonyl (C=O) groups excluding carboxylic acids is 2. The molecule has 0 atom stereocenters. The lowest BCUT2D eigenvalue weighted by atomic mass is 9.47. The number of nitrogens with zero attached hydrogens (tertiary/aromatic N) is 2. The molecule has 2 amide bonds. The number of anilines is 2. The van der Waals surface area contributed by atoms with E-state index in [9.17, 15) is 9.59 Å². The lowest BCUT2D eigenvalue weighted by molar-refractivity contribution is -0.00563. The molecule has 4 saturated carbocycles. The van der Waals surface area contributed by atoms with Gasteiger partial charge in [0.2, 0.25) is 0 Å². The summed E-state index contributed by atoms with van der Waals surface area (Å²) in [6.45, 7) is 1.39. The summed E-state index contributed by atoms with van der Waals surface area (Å²) in [7, 11) is 0. The molecule has 3 aromatic rings. The van der Waals surface area contributed by atoms with E-state index in [0.29, 0.717) is 18.7 Å². The fourth-order valence-corrected chi connectivity index (χ4v) is 9.65. The predicted molar refractivity (Wildman–Crippen MR) is 159 cm³/mol. The molecule has 2 aliphatic heterocycles. The molecule has 9 rings (SSSR count). The van der Waals surface area contributed by atoms with Gasteiger partial charge in [-0.1, -0.05) is 42.5 Å². The van der Waals surface area contributed by atoms with Gasteiger partial charge in [-0.25, -0.2) is 0 Å². The molecule has 0 spiro atoms. The highest BCUT2D eigenvalue weighted by Crippen LogP contribution is 2.62. The van der Waals surface area contributed by atoms with Crippen molar-refractivity contribution in [1.82, 2.24) is 0 Å². The summed E-state index contributed by atoms with van der Waals surface area (Å²) in [6, 6.07) is 21.9. The first kappa shape index (κ1) is 24.4. The SMILES string of the molecule is O=C(c1ccccc1)N1CCCc2cc(C34CC5CC(CC(C5)C3)C4)c3c(c21)N(C(=O)c1ccccc1)CCC3. The van der Waals surface area contributed by atoms with Crippen molar-refractivity contribution < 1.29 is 9.59 Å². The standard InChI is InChI=1S/C36H38N2O2/c39-34(27-9-3-1-4-10-27)37-15-7-13-29-20-31(36-21-24-17-25(22-36)19-26(18-24)23-36)30-14-8-16-38(33(30)32(29)37)35(40)28-11-5-2-6-12-28/h1-6,9-12,20,24-26H,7-8,13-19,21-23H2. The van der Waals surface area contributed by atoms with Crippen LogP contribution in [0.1, 0.15) is 88.8 Å². The van der Waals surface area contributed by atoms with E-state index in [0.717, 1.165) is 60.4 Å². The summed E-state index contributed by atoms with van der Waals surface area (Å²) < 4.78 is 0. The first-order chi connectivity index (χ1) is 19.6. The molecule has 0 saturated heterocycles. The average molecular weight is 531 g/mol. The Morgan fingerprint density at radius 1 is 0.650 bits per heavy atom. The van der Waals surface area contributed by atoms with E-state index in [1.165, 1.54) is 49.7 Å². The van der Waals surface area contributed by atoms with Gasteiger partial charge in [0, 0.05) is 24.2 Å². The van der Waals surface area contributed by atoms with Crippen molar-refractivity contribution in [2.75, 3.05) is 22.9 Å². The van der Waals surface area contributed by atoms with Crippen molar-refractivity contribution in [1.29, 1.82) is 0 Å². The van der Waals surface area contributed by atoms with E-state index in [-0.39, 0.29) is 17.2 Å². The van der Waals surface area contributed by atoms with Gasteiger partial charge in [0.1, 0.15) is 0 Å². The van der Waals surface area contributed by atoms with Gasteiger partial charge < -0.3 is 9.80 Å². The van der Waals surface area contributed by atoms with Gasteiger partial charge in [-0.05, 0) is 128 Å². The summed E-state index contributed by atoms with van der Waals surface area (Å²) in [5.41, 5.74) is 7.92. The molecule has 0 N–H and O–H groups in total. The normalized spacial score (nSPS) is 28.2. The Labute approximate surface area is 237 Å². The number of amides is 2. The van der Waals surface area contributed by atoms with E-state index >= 15 is 0 Å². The molecule has 40 heavy (non-hydrogen) atoms. The largest absolute Gasteiger partial charge is 0.306 e. The second-order valence-electron chi connectivity index (χ2n) is 13.3. The number of fused-ring (bicyclic) bond motifs is 3.